The summed E-state index contributed by atoms with van der Waals surface area (Å²) in [6, 6.07) is 9.17. The third kappa shape index (κ3) is 2.29. The number of benzene rings is 2. The maximum atomic E-state index is 13.8. The van der Waals surface area contributed by atoms with Gasteiger partial charge < -0.3 is 15.0 Å². The molecule has 0 bridgehead atoms. The molecule has 0 fully saturated rings. The van der Waals surface area contributed by atoms with Crippen LogP contribution in [-0.2, 0) is 6.54 Å². The molecule has 0 aliphatic rings. The summed E-state index contributed by atoms with van der Waals surface area (Å²) in [5.41, 5.74) is 7.33. The summed E-state index contributed by atoms with van der Waals surface area (Å²) < 4.78 is 34.0. The number of nitrogens with two attached hydrogens (primary N) is 1. The van der Waals surface area contributed by atoms with Gasteiger partial charge in [-0.15, -0.1) is 0 Å². The third-order valence-electron chi connectivity index (χ3n) is 3.34. The molecule has 3 rings (SSSR count). The lowest BCUT2D eigenvalue weighted by Crippen LogP contribution is -2.06. The Kier molecular flexibility index (Phi) is 3.21. The molecule has 0 aliphatic carbocycles. The fourth-order valence-electron chi connectivity index (χ4n) is 2.26. The summed E-state index contributed by atoms with van der Waals surface area (Å²) in [5.74, 6) is -0.550. The average molecular weight is 289 g/mol. The monoisotopic (exact) mass is 289 g/mol. The van der Waals surface area contributed by atoms with Crippen LogP contribution < -0.4 is 10.5 Å². The standard InChI is InChI=1S/C15H13F2N3O/c1-21-14-7-13-12(6-11(14)17)19-15(18)20(13)8-9-4-2-3-5-10(9)16/h2-7H,8H2,1H3,(H2,18,19). The molecule has 1 heterocycles. The van der Waals surface area contributed by atoms with E-state index in [4.69, 9.17) is 10.5 Å². The molecule has 0 radical (unpaired) electrons. The SMILES string of the molecule is COc1cc2c(cc1F)nc(N)n2Cc1ccccc1F. The molecule has 2 aromatic carbocycles. The Morgan fingerprint density at radius 3 is 2.67 bits per heavy atom. The number of anilines is 1. The van der Waals surface area contributed by atoms with E-state index in [1.165, 1.54) is 25.3 Å². The van der Waals surface area contributed by atoms with Crippen LogP contribution in [-0.4, -0.2) is 16.7 Å². The van der Waals surface area contributed by atoms with Gasteiger partial charge in [0, 0.05) is 17.7 Å². The Balaban J connectivity index is 2.14. The van der Waals surface area contributed by atoms with Gasteiger partial charge in [0.05, 0.1) is 24.7 Å². The van der Waals surface area contributed by atoms with Gasteiger partial charge in [0.2, 0.25) is 5.95 Å². The van der Waals surface area contributed by atoms with Crippen LogP contribution >= 0.6 is 0 Å². The lowest BCUT2D eigenvalue weighted by molar-refractivity contribution is 0.387. The van der Waals surface area contributed by atoms with Crippen LogP contribution in [0.2, 0.25) is 0 Å². The summed E-state index contributed by atoms with van der Waals surface area (Å²) in [4.78, 5) is 4.10. The number of ether oxygens (including phenoxy) is 1. The first-order chi connectivity index (χ1) is 10.1. The van der Waals surface area contributed by atoms with Gasteiger partial charge in [-0.1, -0.05) is 18.2 Å². The molecule has 108 valence electrons. The van der Waals surface area contributed by atoms with E-state index in [0.29, 0.717) is 16.6 Å². The average Bonchev–Trinajstić information content (AvgIpc) is 2.75. The lowest BCUT2D eigenvalue weighted by Gasteiger charge is -2.08. The van der Waals surface area contributed by atoms with Crippen LogP contribution in [0.5, 0.6) is 5.75 Å². The molecule has 0 spiro atoms. The van der Waals surface area contributed by atoms with Gasteiger partial charge >= 0.3 is 0 Å². The smallest absolute Gasteiger partial charge is 0.201 e. The van der Waals surface area contributed by atoms with Crippen LogP contribution in [0.4, 0.5) is 14.7 Å². The minimum atomic E-state index is -0.513. The molecule has 0 unspecified atom stereocenters. The van der Waals surface area contributed by atoms with Crippen LogP contribution in [0.3, 0.4) is 0 Å². The van der Waals surface area contributed by atoms with E-state index in [2.05, 4.69) is 4.98 Å². The molecule has 0 amide bonds. The molecule has 0 saturated heterocycles. The molecule has 0 aliphatic heterocycles. The molecular formula is C15H13F2N3O. The van der Waals surface area contributed by atoms with Crippen molar-refractivity contribution in [3.63, 3.8) is 0 Å². The van der Waals surface area contributed by atoms with Crippen molar-refractivity contribution in [3.8, 4) is 5.75 Å². The second-order valence-electron chi connectivity index (χ2n) is 4.62. The van der Waals surface area contributed by atoms with E-state index in [-0.39, 0.29) is 24.1 Å². The number of hydrogen-bond acceptors (Lipinski definition) is 3. The normalized spacial score (nSPS) is 11.0. The first-order valence-corrected chi connectivity index (χ1v) is 6.33. The highest BCUT2D eigenvalue weighted by Crippen LogP contribution is 2.27. The molecule has 21 heavy (non-hydrogen) atoms. The predicted molar refractivity (Wildman–Crippen MR) is 76.2 cm³/mol. The van der Waals surface area contributed by atoms with Crippen molar-refractivity contribution in [2.24, 2.45) is 0 Å². The zero-order valence-electron chi connectivity index (χ0n) is 11.3. The van der Waals surface area contributed by atoms with Crippen molar-refractivity contribution < 1.29 is 13.5 Å². The number of nitrogen functional groups attached to an aromatic ring is 1. The summed E-state index contributed by atoms with van der Waals surface area (Å²) in [7, 11) is 1.38. The largest absolute Gasteiger partial charge is 0.494 e. The van der Waals surface area contributed by atoms with Gasteiger partial charge in [-0.25, -0.2) is 13.8 Å². The van der Waals surface area contributed by atoms with E-state index < -0.39 is 5.82 Å². The van der Waals surface area contributed by atoms with Crippen molar-refractivity contribution in [1.29, 1.82) is 0 Å². The molecule has 6 heteroatoms. The van der Waals surface area contributed by atoms with E-state index in [9.17, 15) is 8.78 Å². The number of aromatic nitrogens is 2. The fourth-order valence-corrected chi connectivity index (χ4v) is 2.26. The van der Waals surface area contributed by atoms with E-state index in [1.807, 2.05) is 0 Å². The maximum absolute atomic E-state index is 13.8. The Morgan fingerprint density at radius 1 is 1.19 bits per heavy atom. The molecule has 0 atom stereocenters. The minimum Gasteiger partial charge on any atom is -0.494 e. The van der Waals surface area contributed by atoms with Gasteiger partial charge in [-0.2, -0.15) is 0 Å². The number of nitrogens with zero attached hydrogens (tertiary/aromatic N) is 2. The van der Waals surface area contributed by atoms with Gasteiger partial charge in [-0.05, 0) is 6.07 Å². The van der Waals surface area contributed by atoms with E-state index >= 15 is 0 Å². The number of imidazole rings is 1. The zero-order valence-corrected chi connectivity index (χ0v) is 11.3. The van der Waals surface area contributed by atoms with Gasteiger partial charge in [0.25, 0.3) is 0 Å². The Morgan fingerprint density at radius 2 is 1.95 bits per heavy atom. The van der Waals surface area contributed by atoms with Crippen LogP contribution in [0.25, 0.3) is 11.0 Å². The fraction of sp³-hybridized carbons (Fsp3) is 0.133. The highest BCUT2D eigenvalue weighted by molar-refractivity contribution is 5.80. The Labute approximate surface area is 119 Å². The Hall–Kier alpha value is -2.63. The molecule has 3 aromatic rings. The van der Waals surface area contributed by atoms with Gasteiger partial charge in [0.15, 0.2) is 11.6 Å². The van der Waals surface area contributed by atoms with Crippen molar-refractivity contribution in [2.75, 3.05) is 12.8 Å². The minimum absolute atomic E-state index is 0.0946. The van der Waals surface area contributed by atoms with Crippen LogP contribution in [0.1, 0.15) is 5.56 Å². The number of methoxy groups -OCH3 is 1. The summed E-state index contributed by atoms with van der Waals surface area (Å²) >= 11 is 0. The second-order valence-corrected chi connectivity index (χ2v) is 4.62. The lowest BCUT2D eigenvalue weighted by atomic mass is 10.2. The quantitative estimate of drug-likeness (QED) is 0.806. The molecular weight excluding hydrogens is 276 g/mol. The first-order valence-electron chi connectivity index (χ1n) is 6.33. The third-order valence-corrected chi connectivity index (χ3v) is 3.34. The van der Waals surface area contributed by atoms with Crippen LogP contribution in [0.15, 0.2) is 36.4 Å². The predicted octanol–water partition coefficient (Wildman–Crippen LogP) is 2.95. The zero-order chi connectivity index (χ0) is 15.0. The van der Waals surface area contributed by atoms with Crippen molar-refractivity contribution >= 4 is 17.0 Å². The number of fused-ring (bicyclic) bond motifs is 1. The number of hydrogen-bond donors (Lipinski definition) is 1. The van der Waals surface area contributed by atoms with Crippen molar-refractivity contribution in [3.05, 3.63) is 53.6 Å². The topological polar surface area (TPSA) is 53.1 Å². The van der Waals surface area contributed by atoms with Crippen molar-refractivity contribution in [2.45, 2.75) is 6.54 Å². The van der Waals surface area contributed by atoms with Crippen LogP contribution in [0, 0.1) is 11.6 Å². The number of halogens is 2. The first kappa shape index (κ1) is 13.4. The highest BCUT2D eigenvalue weighted by Gasteiger charge is 2.14. The maximum Gasteiger partial charge on any atom is 0.201 e. The second kappa shape index (κ2) is 5.05. The molecule has 4 nitrogen and oxygen atoms in total. The summed E-state index contributed by atoms with van der Waals surface area (Å²) in [6.45, 7) is 0.212. The van der Waals surface area contributed by atoms with Gasteiger partial charge in [0.1, 0.15) is 5.82 Å². The summed E-state index contributed by atoms with van der Waals surface area (Å²) in [6.07, 6.45) is 0. The summed E-state index contributed by atoms with van der Waals surface area (Å²) in [5, 5.41) is 0. The van der Waals surface area contributed by atoms with E-state index in [1.54, 1.807) is 22.8 Å². The van der Waals surface area contributed by atoms with Crippen molar-refractivity contribution in [1.82, 2.24) is 9.55 Å². The molecule has 0 saturated carbocycles. The molecule has 1 aromatic heterocycles. The van der Waals surface area contributed by atoms with E-state index in [0.717, 1.165) is 0 Å². The number of rotatable bonds is 3. The Bertz CT molecular complexity index is 814. The molecule has 2 N–H and O–H groups in total. The van der Waals surface area contributed by atoms with Gasteiger partial charge in [-0.3, -0.25) is 0 Å². The highest BCUT2D eigenvalue weighted by atomic mass is 19.1.